The molecule has 1 aromatic carbocycles. The molecule has 0 aromatic heterocycles. The first kappa shape index (κ1) is 18.9. The summed E-state index contributed by atoms with van der Waals surface area (Å²) in [5.41, 5.74) is -0.924. The summed E-state index contributed by atoms with van der Waals surface area (Å²) in [5.74, 6) is -1.02. The highest BCUT2D eigenvalue weighted by molar-refractivity contribution is 5.33. The van der Waals surface area contributed by atoms with E-state index in [9.17, 15) is 13.9 Å². The second kappa shape index (κ2) is 7.01. The standard InChI is InChI=1S/C22H28F2O4/c23-19-16(18-13-26-18)1-2-17(20(19)24)21(25)7-3-14(4-8-21)15-5-9-22(10-6-15)27-11-12-28-22/h1-2,14-15,18,25H,3-13H2. The van der Waals surface area contributed by atoms with Crippen LogP contribution in [0.5, 0.6) is 0 Å². The fourth-order valence-corrected chi connectivity index (χ4v) is 5.60. The molecule has 4 nitrogen and oxygen atoms in total. The number of hydrogen-bond donors (Lipinski definition) is 1. The summed E-state index contributed by atoms with van der Waals surface area (Å²) in [6, 6.07) is 3.12. The predicted octanol–water partition coefficient (Wildman–Crippen LogP) is 4.35. The third kappa shape index (κ3) is 3.28. The van der Waals surface area contributed by atoms with E-state index in [-0.39, 0.29) is 23.0 Å². The van der Waals surface area contributed by atoms with Crippen molar-refractivity contribution in [2.75, 3.05) is 19.8 Å². The van der Waals surface area contributed by atoms with E-state index in [2.05, 4.69) is 0 Å². The number of aliphatic hydroxyl groups is 1. The minimum Gasteiger partial charge on any atom is -0.385 e. The van der Waals surface area contributed by atoms with Gasteiger partial charge in [0.1, 0.15) is 6.10 Å². The highest BCUT2D eigenvalue weighted by atomic mass is 19.2. The van der Waals surface area contributed by atoms with Crippen molar-refractivity contribution in [3.05, 3.63) is 34.9 Å². The van der Waals surface area contributed by atoms with Gasteiger partial charge < -0.3 is 19.3 Å². The van der Waals surface area contributed by atoms with Gasteiger partial charge in [-0.05, 0) is 50.4 Å². The molecule has 2 heterocycles. The molecule has 154 valence electrons. The van der Waals surface area contributed by atoms with Crippen LogP contribution in [-0.2, 0) is 19.8 Å². The van der Waals surface area contributed by atoms with Crippen LogP contribution in [0.15, 0.2) is 12.1 Å². The van der Waals surface area contributed by atoms with Crippen LogP contribution in [0.25, 0.3) is 0 Å². The highest BCUT2D eigenvalue weighted by Gasteiger charge is 2.45. The summed E-state index contributed by atoms with van der Waals surface area (Å²) in [5, 5.41) is 11.1. The first-order valence-corrected chi connectivity index (χ1v) is 10.6. The largest absolute Gasteiger partial charge is 0.385 e. The van der Waals surface area contributed by atoms with Gasteiger partial charge in [0.2, 0.25) is 0 Å². The zero-order chi connectivity index (χ0) is 19.4. The molecule has 2 aliphatic carbocycles. The normalized spacial score (nSPS) is 35.4. The molecule has 1 unspecified atom stereocenters. The van der Waals surface area contributed by atoms with Gasteiger partial charge in [-0.2, -0.15) is 0 Å². The van der Waals surface area contributed by atoms with Gasteiger partial charge >= 0.3 is 0 Å². The molecule has 6 heteroatoms. The van der Waals surface area contributed by atoms with E-state index in [1.54, 1.807) is 12.1 Å². The summed E-state index contributed by atoms with van der Waals surface area (Å²) in [7, 11) is 0. The fourth-order valence-electron chi connectivity index (χ4n) is 5.60. The lowest BCUT2D eigenvalue weighted by molar-refractivity contribution is -0.186. The number of benzene rings is 1. The summed E-state index contributed by atoms with van der Waals surface area (Å²) < 4.78 is 45.8. The van der Waals surface area contributed by atoms with Crippen LogP contribution in [0.1, 0.15) is 68.6 Å². The molecule has 4 fully saturated rings. The molecule has 0 bridgehead atoms. The zero-order valence-electron chi connectivity index (χ0n) is 16.1. The molecular weight excluding hydrogens is 366 g/mol. The van der Waals surface area contributed by atoms with Crippen LogP contribution in [0, 0.1) is 23.5 Å². The van der Waals surface area contributed by atoms with Gasteiger partial charge in [0.05, 0.1) is 25.4 Å². The van der Waals surface area contributed by atoms with E-state index in [0.717, 1.165) is 38.5 Å². The van der Waals surface area contributed by atoms with E-state index in [1.165, 1.54) is 0 Å². The maximum absolute atomic E-state index is 14.7. The van der Waals surface area contributed by atoms with E-state index in [0.29, 0.717) is 44.5 Å². The maximum atomic E-state index is 14.7. The Hall–Kier alpha value is -1.08. The van der Waals surface area contributed by atoms with Crippen molar-refractivity contribution in [2.24, 2.45) is 11.8 Å². The lowest BCUT2D eigenvalue weighted by atomic mass is 9.67. The van der Waals surface area contributed by atoms with Crippen LogP contribution in [0.4, 0.5) is 8.78 Å². The quantitative estimate of drug-likeness (QED) is 0.775. The Morgan fingerprint density at radius 3 is 2.00 bits per heavy atom. The topological polar surface area (TPSA) is 51.2 Å². The Balaban J connectivity index is 1.23. The van der Waals surface area contributed by atoms with Gasteiger partial charge in [0.15, 0.2) is 17.4 Å². The third-order valence-electron chi connectivity index (χ3n) is 7.42. The molecule has 28 heavy (non-hydrogen) atoms. The van der Waals surface area contributed by atoms with Gasteiger partial charge in [-0.3, -0.25) is 0 Å². The van der Waals surface area contributed by atoms with E-state index in [1.807, 2.05) is 0 Å². The second-order valence-electron chi connectivity index (χ2n) is 8.97. The van der Waals surface area contributed by atoms with Crippen molar-refractivity contribution < 1.29 is 28.1 Å². The molecule has 5 rings (SSSR count). The smallest absolute Gasteiger partial charge is 0.168 e. The summed E-state index contributed by atoms with van der Waals surface area (Å²) in [4.78, 5) is 0. The van der Waals surface area contributed by atoms with E-state index < -0.39 is 17.2 Å². The molecule has 2 aliphatic heterocycles. The van der Waals surface area contributed by atoms with Crippen molar-refractivity contribution in [1.82, 2.24) is 0 Å². The maximum Gasteiger partial charge on any atom is 0.168 e. The van der Waals surface area contributed by atoms with Gasteiger partial charge in [0.25, 0.3) is 0 Å². The number of rotatable bonds is 3. The van der Waals surface area contributed by atoms with Gasteiger partial charge in [-0.25, -0.2) is 8.78 Å². The molecule has 4 aliphatic rings. The minimum absolute atomic E-state index is 0.100. The molecular formula is C22H28F2O4. The highest BCUT2D eigenvalue weighted by Crippen LogP contribution is 2.48. The van der Waals surface area contributed by atoms with Crippen LogP contribution >= 0.6 is 0 Å². The van der Waals surface area contributed by atoms with Crippen molar-refractivity contribution in [3.8, 4) is 0 Å². The molecule has 1 aromatic rings. The fraction of sp³-hybridized carbons (Fsp3) is 0.727. The average molecular weight is 394 g/mol. The van der Waals surface area contributed by atoms with Crippen LogP contribution in [-0.4, -0.2) is 30.7 Å². The van der Waals surface area contributed by atoms with Gasteiger partial charge in [0, 0.05) is 24.0 Å². The van der Waals surface area contributed by atoms with Crippen LogP contribution in [0.2, 0.25) is 0 Å². The summed E-state index contributed by atoms with van der Waals surface area (Å²) in [6.07, 6.45) is 6.30. The molecule has 0 amide bonds. The monoisotopic (exact) mass is 394 g/mol. The Labute approximate surface area is 164 Å². The number of epoxide rings is 1. The van der Waals surface area contributed by atoms with Crippen molar-refractivity contribution in [1.29, 1.82) is 0 Å². The predicted molar refractivity (Wildman–Crippen MR) is 97.5 cm³/mol. The Morgan fingerprint density at radius 1 is 0.857 bits per heavy atom. The average Bonchev–Trinajstić information content (AvgIpc) is 3.45. The minimum atomic E-state index is -1.28. The number of halogens is 2. The van der Waals surface area contributed by atoms with Gasteiger partial charge in [-0.15, -0.1) is 0 Å². The first-order chi connectivity index (χ1) is 13.5. The number of ether oxygens (including phenoxy) is 3. The van der Waals surface area contributed by atoms with Crippen molar-refractivity contribution >= 4 is 0 Å². The molecule has 1 atom stereocenters. The van der Waals surface area contributed by atoms with Crippen LogP contribution in [0.3, 0.4) is 0 Å². The van der Waals surface area contributed by atoms with Crippen molar-refractivity contribution in [3.63, 3.8) is 0 Å². The first-order valence-electron chi connectivity index (χ1n) is 10.6. The van der Waals surface area contributed by atoms with Crippen molar-refractivity contribution in [2.45, 2.75) is 68.9 Å². The van der Waals surface area contributed by atoms with E-state index >= 15 is 0 Å². The Morgan fingerprint density at radius 2 is 1.43 bits per heavy atom. The summed E-state index contributed by atoms with van der Waals surface area (Å²) in [6.45, 7) is 1.81. The third-order valence-corrected chi connectivity index (χ3v) is 7.42. The van der Waals surface area contributed by atoms with Gasteiger partial charge in [-0.1, -0.05) is 12.1 Å². The van der Waals surface area contributed by atoms with E-state index in [4.69, 9.17) is 14.2 Å². The zero-order valence-corrected chi connectivity index (χ0v) is 16.1. The molecule has 1 N–H and O–H groups in total. The molecule has 2 saturated carbocycles. The lowest BCUT2D eigenvalue weighted by Gasteiger charge is -2.43. The van der Waals surface area contributed by atoms with Crippen LogP contribution < -0.4 is 0 Å². The molecule has 1 spiro atoms. The SMILES string of the molecule is OC1(c2ccc(C3CO3)c(F)c2F)CCC(C2CCC3(CC2)OCCO3)CC1. The molecule has 2 saturated heterocycles. The lowest BCUT2D eigenvalue weighted by Crippen LogP contribution is -2.39. The summed E-state index contributed by atoms with van der Waals surface area (Å²) >= 11 is 0. The Kier molecular flexibility index (Phi) is 4.74. The number of hydrogen-bond acceptors (Lipinski definition) is 4. The second-order valence-corrected chi connectivity index (χ2v) is 8.97. The Bertz CT molecular complexity index is 724. The molecule has 0 radical (unpaired) electrons.